The summed E-state index contributed by atoms with van der Waals surface area (Å²) in [7, 11) is 0. The zero-order valence-electron chi connectivity index (χ0n) is 14.5. The second-order valence-corrected chi connectivity index (χ2v) is 7.08. The molecular formula is C20H19ClFN3O2. The molecule has 0 aliphatic carbocycles. The molecule has 2 heterocycles. The van der Waals surface area contributed by atoms with Crippen molar-refractivity contribution >= 4 is 11.6 Å². The summed E-state index contributed by atoms with van der Waals surface area (Å²) in [5, 5.41) is 15.4. The second kappa shape index (κ2) is 7.68. The Kier molecular flexibility index (Phi) is 5.11. The Bertz CT molecular complexity index is 916. The van der Waals surface area contributed by atoms with Crippen LogP contribution in [0.2, 0.25) is 5.02 Å². The molecule has 140 valence electrons. The minimum Gasteiger partial charge on any atom is -0.486 e. The summed E-state index contributed by atoms with van der Waals surface area (Å²) in [6, 6.07) is 13.4. The van der Waals surface area contributed by atoms with E-state index in [2.05, 4.69) is 10.00 Å². The van der Waals surface area contributed by atoms with Gasteiger partial charge in [-0.2, -0.15) is 5.10 Å². The number of hydrogen-bond acceptors (Lipinski definition) is 4. The maximum Gasteiger partial charge on any atom is 0.138 e. The van der Waals surface area contributed by atoms with Gasteiger partial charge in [0.1, 0.15) is 23.8 Å². The van der Waals surface area contributed by atoms with Crippen molar-refractivity contribution in [3.63, 3.8) is 0 Å². The van der Waals surface area contributed by atoms with Crippen molar-refractivity contribution in [3.05, 3.63) is 77.3 Å². The molecule has 2 unspecified atom stereocenters. The smallest absolute Gasteiger partial charge is 0.138 e. The van der Waals surface area contributed by atoms with Crippen LogP contribution in [0.5, 0.6) is 5.75 Å². The highest BCUT2D eigenvalue weighted by atomic mass is 35.5. The van der Waals surface area contributed by atoms with Crippen molar-refractivity contribution in [1.29, 1.82) is 0 Å². The SMILES string of the molecule is OC1CN(Cc2cnn(-c3ccc(Cl)cc3)c2)CC1Oc1cccc(F)c1. The molecule has 0 amide bonds. The number of rotatable bonds is 5. The van der Waals surface area contributed by atoms with E-state index in [4.69, 9.17) is 16.3 Å². The third kappa shape index (κ3) is 4.30. The van der Waals surface area contributed by atoms with E-state index < -0.39 is 12.2 Å². The fourth-order valence-electron chi connectivity index (χ4n) is 3.23. The van der Waals surface area contributed by atoms with E-state index >= 15 is 0 Å². The quantitative estimate of drug-likeness (QED) is 0.730. The van der Waals surface area contributed by atoms with Crippen molar-refractivity contribution in [2.75, 3.05) is 13.1 Å². The molecule has 1 fully saturated rings. The summed E-state index contributed by atoms with van der Waals surface area (Å²) in [6.07, 6.45) is 2.75. The Morgan fingerprint density at radius 3 is 2.78 bits per heavy atom. The van der Waals surface area contributed by atoms with Gasteiger partial charge in [0.05, 0.1) is 11.9 Å². The lowest BCUT2D eigenvalue weighted by Gasteiger charge is -2.17. The molecule has 7 heteroatoms. The third-order valence-corrected chi connectivity index (χ3v) is 4.78. The van der Waals surface area contributed by atoms with E-state index in [1.54, 1.807) is 16.8 Å². The minimum absolute atomic E-state index is 0.355. The first-order chi connectivity index (χ1) is 13.1. The van der Waals surface area contributed by atoms with Crippen molar-refractivity contribution in [3.8, 4) is 11.4 Å². The van der Waals surface area contributed by atoms with Gasteiger partial charge in [-0.3, -0.25) is 4.90 Å². The molecule has 2 aromatic carbocycles. The monoisotopic (exact) mass is 387 g/mol. The van der Waals surface area contributed by atoms with Crippen LogP contribution >= 0.6 is 11.6 Å². The van der Waals surface area contributed by atoms with E-state index in [0.29, 0.717) is 30.4 Å². The van der Waals surface area contributed by atoms with Crippen LogP contribution in [-0.4, -0.2) is 45.1 Å². The van der Waals surface area contributed by atoms with E-state index in [1.165, 1.54) is 12.1 Å². The molecule has 5 nitrogen and oxygen atoms in total. The number of ether oxygens (including phenoxy) is 1. The zero-order valence-corrected chi connectivity index (χ0v) is 15.3. The molecule has 0 spiro atoms. The molecule has 27 heavy (non-hydrogen) atoms. The summed E-state index contributed by atoms with van der Waals surface area (Å²) in [4.78, 5) is 2.10. The predicted molar refractivity (Wildman–Crippen MR) is 101 cm³/mol. The number of β-amino-alcohol motifs (C(OH)–C–C–N with tert-alkyl or cyclic N) is 1. The van der Waals surface area contributed by atoms with E-state index in [1.807, 2.05) is 36.7 Å². The standard InChI is InChI=1S/C20H19ClFN3O2/c21-15-4-6-17(7-5-15)25-11-14(9-23-25)10-24-12-19(26)20(13-24)27-18-3-1-2-16(22)8-18/h1-9,11,19-20,26H,10,12-13H2. The lowest BCUT2D eigenvalue weighted by molar-refractivity contribution is 0.0734. The molecule has 1 N–H and O–H groups in total. The largest absolute Gasteiger partial charge is 0.486 e. The molecule has 1 aliphatic heterocycles. The first-order valence-corrected chi connectivity index (χ1v) is 9.07. The molecule has 2 atom stereocenters. The van der Waals surface area contributed by atoms with Crippen LogP contribution in [0.25, 0.3) is 5.69 Å². The normalized spacial score (nSPS) is 20.1. The maximum absolute atomic E-state index is 13.3. The molecule has 1 aliphatic rings. The number of aliphatic hydroxyl groups is 1. The Labute approximate surface area is 161 Å². The number of halogens is 2. The molecule has 0 bridgehead atoms. The average molecular weight is 388 g/mol. The first kappa shape index (κ1) is 18.0. The van der Waals surface area contributed by atoms with Crippen LogP contribution in [0.4, 0.5) is 4.39 Å². The van der Waals surface area contributed by atoms with Crippen molar-refractivity contribution < 1.29 is 14.2 Å². The van der Waals surface area contributed by atoms with Crippen molar-refractivity contribution in [2.45, 2.75) is 18.8 Å². The van der Waals surface area contributed by atoms with E-state index in [9.17, 15) is 9.50 Å². The van der Waals surface area contributed by atoms with Gasteiger partial charge < -0.3 is 9.84 Å². The van der Waals surface area contributed by atoms with E-state index in [0.717, 1.165) is 11.3 Å². The Hall–Kier alpha value is -2.41. The number of aliphatic hydroxyl groups excluding tert-OH is 1. The fraction of sp³-hybridized carbons (Fsp3) is 0.250. The average Bonchev–Trinajstić information content (AvgIpc) is 3.23. The van der Waals surface area contributed by atoms with Gasteiger partial charge in [0, 0.05) is 42.5 Å². The van der Waals surface area contributed by atoms with Crippen molar-refractivity contribution in [2.24, 2.45) is 0 Å². The highest BCUT2D eigenvalue weighted by Gasteiger charge is 2.33. The van der Waals surface area contributed by atoms with Gasteiger partial charge in [-0.1, -0.05) is 17.7 Å². The van der Waals surface area contributed by atoms with Crippen LogP contribution < -0.4 is 4.74 Å². The van der Waals surface area contributed by atoms with Gasteiger partial charge in [0.2, 0.25) is 0 Å². The summed E-state index contributed by atoms with van der Waals surface area (Å²) in [5.74, 6) is 0.0721. The van der Waals surface area contributed by atoms with Gasteiger partial charge in [0.25, 0.3) is 0 Å². The van der Waals surface area contributed by atoms with Crippen LogP contribution in [0.1, 0.15) is 5.56 Å². The van der Waals surface area contributed by atoms with Gasteiger partial charge in [-0.25, -0.2) is 9.07 Å². The molecule has 1 saturated heterocycles. The summed E-state index contributed by atoms with van der Waals surface area (Å²) in [5.41, 5.74) is 1.96. The molecule has 3 aromatic rings. The number of aromatic nitrogens is 2. The van der Waals surface area contributed by atoms with Crippen LogP contribution in [0.3, 0.4) is 0 Å². The summed E-state index contributed by atoms with van der Waals surface area (Å²) >= 11 is 5.92. The molecular weight excluding hydrogens is 369 g/mol. The van der Waals surface area contributed by atoms with E-state index in [-0.39, 0.29) is 5.82 Å². The number of benzene rings is 2. The van der Waals surface area contributed by atoms with Gasteiger partial charge in [-0.15, -0.1) is 0 Å². The van der Waals surface area contributed by atoms with Gasteiger partial charge >= 0.3 is 0 Å². The van der Waals surface area contributed by atoms with Gasteiger partial charge in [0.15, 0.2) is 0 Å². The number of hydrogen-bond donors (Lipinski definition) is 1. The highest BCUT2D eigenvalue weighted by Crippen LogP contribution is 2.21. The second-order valence-electron chi connectivity index (χ2n) is 6.64. The van der Waals surface area contributed by atoms with Gasteiger partial charge in [-0.05, 0) is 36.4 Å². The summed E-state index contributed by atoms with van der Waals surface area (Å²) in [6.45, 7) is 1.70. The Morgan fingerprint density at radius 1 is 1.19 bits per heavy atom. The lowest BCUT2D eigenvalue weighted by Crippen LogP contribution is -2.29. The first-order valence-electron chi connectivity index (χ1n) is 8.69. The Balaban J connectivity index is 1.38. The van der Waals surface area contributed by atoms with Crippen LogP contribution in [0.15, 0.2) is 60.9 Å². The molecule has 0 radical (unpaired) electrons. The maximum atomic E-state index is 13.3. The number of likely N-dealkylation sites (tertiary alicyclic amines) is 1. The lowest BCUT2D eigenvalue weighted by atomic mass is 10.2. The van der Waals surface area contributed by atoms with Crippen LogP contribution in [0, 0.1) is 5.82 Å². The molecule has 0 saturated carbocycles. The predicted octanol–water partition coefficient (Wildman–Crippen LogP) is 3.29. The fourth-order valence-corrected chi connectivity index (χ4v) is 3.35. The zero-order chi connectivity index (χ0) is 18.8. The third-order valence-electron chi connectivity index (χ3n) is 4.53. The molecule has 4 rings (SSSR count). The minimum atomic E-state index is -0.625. The summed E-state index contributed by atoms with van der Waals surface area (Å²) < 4.78 is 20.8. The van der Waals surface area contributed by atoms with Crippen molar-refractivity contribution in [1.82, 2.24) is 14.7 Å². The van der Waals surface area contributed by atoms with Crippen LogP contribution in [-0.2, 0) is 6.54 Å². The highest BCUT2D eigenvalue weighted by molar-refractivity contribution is 6.30. The number of nitrogens with zero attached hydrogens (tertiary/aromatic N) is 3. The Morgan fingerprint density at radius 2 is 2.00 bits per heavy atom. The molecule has 1 aromatic heterocycles. The topological polar surface area (TPSA) is 50.5 Å².